The first-order chi connectivity index (χ1) is 14.8. The number of piperidine rings is 1. The van der Waals surface area contributed by atoms with Crippen molar-refractivity contribution >= 4 is 17.2 Å². The van der Waals surface area contributed by atoms with Gasteiger partial charge in [0.05, 0.1) is 19.6 Å². The molecule has 6 nitrogen and oxygen atoms in total. The van der Waals surface area contributed by atoms with E-state index in [2.05, 4.69) is 31.5 Å². The standard InChI is InChI=1S/C23H37N3O3S/c27-23(17-21-5-16-30-19-21)25-6-1-20(2-7-25)18-26(22-3-12-28-13-4-22)9-8-24-10-14-29-15-11-24/h5,16,19-20,22H,1-4,6-15,17-18H2. The zero-order valence-corrected chi connectivity index (χ0v) is 19.0. The van der Waals surface area contributed by atoms with E-state index in [4.69, 9.17) is 9.47 Å². The molecule has 0 aromatic carbocycles. The van der Waals surface area contributed by atoms with E-state index in [-0.39, 0.29) is 0 Å². The first kappa shape index (κ1) is 22.2. The Kier molecular flexibility index (Phi) is 8.57. The number of hydrogen-bond donors (Lipinski definition) is 0. The summed E-state index contributed by atoms with van der Waals surface area (Å²) in [5.41, 5.74) is 1.15. The fourth-order valence-electron chi connectivity index (χ4n) is 4.94. The first-order valence-corrected chi connectivity index (χ1v) is 12.6. The van der Waals surface area contributed by atoms with Crippen LogP contribution >= 0.6 is 11.3 Å². The van der Waals surface area contributed by atoms with Gasteiger partial charge in [0.1, 0.15) is 0 Å². The number of hydrogen-bond acceptors (Lipinski definition) is 6. The van der Waals surface area contributed by atoms with Crippen molar-refractivity contribution in [3.63, 3.8) is 0 Å². The Bertz CT molecular complexity index is 622. The number of carbonyl (C=O) groups is 1. The summed E-state index contributed by atoms with van der Waals surface area (Å²) in [5, 5.41) is 4.14. The maximum atomic E-state index is 12.6. The Morgan fingerprint density at radius 1 is 1.03 bits per heavy atom. The molecule has 1 amide bonds. The SMILES string of the molecule is O=C(Cc1ccsc1)N1CCC(CN(CCN2CCOCC2)C2CCOCC2)CC1. The van der Waals surface area contributed by atoms with Crippen LogP contribution in [0.5, 0.6) is 0 Å². The van der Waals surface area contributed by atoms with E-state index >= 15 is 0 Å². The monoisotopic (exact) mass is 435 g/mol. The number of amides is 1. The van der Waals surface area contributed by atoms with Crippen LogP contribution in [0.3, 0.4) is 0 Å². The lowest BCUT2D eigenvalue weighted by Crippen LogP contribution is -2.49. The van der Waals surface area contributed by atoms with Crippen molar-refractivity contribution in [2.24, 2.45) is 5.92 Å². The lowest BCUT2D eigenvalue weighted by Gasteiger charge is -2.40. The van der Waals surface area contributed by atoms with Crippen LogP contribution in [-0.2, 0) is 20.7 Å². The van der Waals surface area contributed by atoms with Crippen LogP contribution in [0.1, 0.15) is 31.2 Å². The minimum atomic E-state index is 0.292. The van der Waals surface area contributed by atoms with E-state index in [0.717, 1.165) is 96.9 Å². The highest BCUT2D eigenvalue weighted by Gasteiger charge is 2.28. The van der Waals surface area contributed by atoms with Gasteiger partial charge in [-0.25, -0.2) is 0 Å². The highest BCUT2D eigenvalue weighted by Crippen LogP contribution is 2.23. The highest BCUT2D eigenvalue weighted by molar-refractivity contribution is 7.08. The van der Waals surface area contributed by atoms with Crippen molar-refractivity contribution in [1.29, 1.82) is 0 Å². The van der Waals surface area contributed by atoms with Crippen LogP contribution in [0.2, 0.25) is 0 Å². The minimum absolute atomic E-state index is 0.292. The maximum Gasteiger partial charge on any atom is 0.227 e. The number of likely N-dealkylation sites (tertiary alicyclic amines) is 1. The summed E-state index contributed by atoms with van der Waals surface area (Å²) in [5.74, 6) is 0.989. The van der Waals surface area contributed by atoms with E-state index in [1.807, 2.05) is 0 Å². The summed E-state index contributed by atoms with van der Waals surface area (Å²) in [6, 6.07) is 2.72. The molecule has 3 aliphatic heterocycles. The Morgan fingerprint density at radius 3 is 2.47 bits per heavy atom. The molecule has 1 aromatic rings. The lowest BCUT2D eigenvalue weighted by molar-refractivity contribution is -0.132. The number of thiophene rings is 1. The van der Waals surface area contributed by atoms with E-state index < -0.39 is 0 Å². The van der Waals surface area contributed by atoms with Gasteiger partial charge < -0.3 is 14.4 Å². The molecule has 0 radical (unpaired) electrons. The second-order valence-electron chi connectivity index (χ2n) is 8.93. The molecule has 168 valence electrons. The Balaban J connectivity index is 1.25. The number of rotatable bonds is 8. The zero-order chi connectivity index (χ0) is 20.6. The predicted octanol–water partition coefficient (Wildman–Crippen LogP) is 2.34. The summed E-state index contributed by atoms with van der Waals surface area (Å²) >= 11 is 1.67. The summed E-state index contributed by atoms with van der Waals surface area (Å²) in [4.78, 5) is 20.0. The predicted molar refractivity (Wildman–Crippen MR) is 120 cm³/mol. The summed E-state index contributed by atoms with van der Waals surface area (Å²) in [7, 11) is 0. The molecule has 7 heteroatoms. The third-order valence-electron chi connectivity index (χ3n) is 6.91. The van der Waals surface area contributed by atoms with Crippen LogP contribution in [0, 0.1) is 5.92 Å². The first-order valence-electron chi connectivity index (χ1n) is 11.7. The molecule has 0 bridgehead atoms. The second-order valence-corrected chi connectivity index (χ2v) is 9.71. The van der Waals surface area contributed by atoms with Gasteiger partial charge in [0.2, 0.25) is 5.91 Å². The molecule has 3 fully saturated rings. The largest absolute Gasteiger partial charge is 0.381 e. The number of nitrogens with zero attached hydrogens (tertiary/aromatic N) is 3. The number of carbonyl (C=O) groups excluding carboxylic acids is 1. The fourth-order valence-corrected chi connectivity index (χ4v) is 5.61. The third kappa shape index (κ3) is 6.50. The molecule has 4 heterocycles. The average Bonchev–Trinajstić information content (AvgIpc) is 3.31. The molecule has 0 unspecified atom stereocenters. The molecule has 0 saturated carbocycles. The van der Waals surface area contributed by atoms with Gasteiger partial charge in [0.15, 0.2) is 0 Å². The molecule has 0 aliphatic carbocycles. The van der Waals surface area contributed by atoms with Crippen molar-refractivity contribution in [3.8, 4) is 0 Å². The van der Waals surface area contributed by atoms with Crippen molar-refractivity contribution in [2.45, 2.75) is 38.1 Å². The molecule has 3 saturated heterocycles. The van der Waals surface area contributed by atoms with Gasteiger partial charge in [0.25, 0.3) is 0 Å². The summed E-state index contributed by atoms with van der Waals surface area (Å²) in [6.07, 6.45) is 5.13. The summed E-state index contributed by atoms with van der Waals surface area (Å²) < 4.78 is 11.1. The zero-order valence-electron chi connectivity index (χ0n) is 18.2. The maximum absolute atomic E-state index is 12.6. The van der Waals surface area contributed by atoms with Gasteiger partial charge in [-0.2, -0.15) is 11.3 Å². The van der Waals surface area contributed by atoms with Gasteiger partial charge in [-0.15, -0.1) is 0 Å². The van der Waals surface area contributed by atoms with Crippen molar-refractivity contribution in [1.82, 2.24) is 14.7 Å². The van der Waals surface area contributed by atoms with Crippen LogP contribution < -0.4 is 0 Å². The van der Waals surface area contributed by atoms with Crippen LogP contribution in [0.15, 0.2) is 16.8 Å². The van der Waals surface area contributed by atoms with Gasteiger partial charge in [-0.3, -0.25) is 14.6 Å². The van der Waals surface area contributed by atoms with E-state index in [9.17, 15) is 4.79 Å². The molecule has 0 atom stereocenters. The van der Waals surface area contributed by atoms with Gasteiger partial charge >= 0.3 is 0 Å². The van der Waals surface area contributed by atoms with Crippen molar-refractivity contribution in [2.75, 3.05) is 72.2 Å². The quantitative estimate of drug-likeness (QED) is 0.627. The lowest BCUT2D eigenvalue weighted by atomic mass is 9.94. The van der Waals surface area contributed by atoms with Gasteiger partial charge in [-0.05, 0) is 54.0 Å². The normalized spacial score (nSPS) is 22.6. The van der Waals surface area contributed by atoms with Crippen LogP contribution in [-0.4, -0.2) is 98.9 Å². The molecular weight excluding hydrogens is 398 g/mol. The van der Waals surface area contributed by atoms with Gasteiger partial charge in [0, 0.05) is 65.1 Å². The molecule has 4 rings (SSSR count). The van der Waals surface area contributed by atoms with Gasteiger partial charge in [-0.1, -0.05) is 0 Å². The number of ether oxygens (including phenoxy) is 2. The second kappa shape index (κ2) is 11.6. The third-order valence-corrected chi connectivity index (χ3v) is 7.64. The van der Waals surface area contributed by atoms with E-state index in [0.29, 0.717) is 24.3 Å². The summed E-state index contributed by atoms with van der Waals surface area (Å²) in [6.45, 7) is 10.9. The topological polar surface area (TPSA) is 45.3 Å². The highest BCUT2D eigenvalue weighted by atomic mass is 32.1. The minimum Gasteiger partial charge on any atom is -0.381 e. The van der Waals surface area contributed by atoms with Crippen LogP contribution in [0.25, 0.3) is 0 Å². The smallest absolute Gasteiger partial charge is 0.227 e. The van der Waals surface area contributed by atoms with Crippen molar-refractivity contribution < 1.29 is 14.3 Å². The van der Waals surface area contributed by atoms with Crippen molar-refractivity contribution in [3.05, 3.63) is 22.4 Å². The van der Waals surface area contributed by atoms with E-state index in [1.54, 1.807) is 11.3 Å². The Labute approximate surface area is 185 Å². The Hall–Kier alpha value is -0.990. The molecule has 0 spiro atoms. The van der Waals surface area contributed by atoms with Crippen LogP contribution in [0.4, 0.5) is 0 Å². The molecular formula is C23H37N3O3S. The number of morpholine rings is 1. The molecule has 0 N–H and O–H groups in total. The fraction of sp³-hybridized carbons (Fsp3) is 0.783. The average molecular weight is 436 g/mol. The molecule has 3 aliphatic rings. The van der Waals surface area contributed by atoms with E-state index in [1.165, 1.54) is 6.54 Å². The molecule has 30 heavy (non-hydrogen) atoms. The Morgan fingerprint density at radius 2 is 1.77 bits per heavy atom. The molecule has 1 aromatic heterocycles.